The summed E-state index contributed by atoms with van der Waals surface area (Å²) in [5, 5.41) is 10.2. The first-order valence-electron chi connectivity index (χ1n) is 7.45. The molecule has 2 aliphatic carbocycles. The summed E-state index contributed by atoms with van der Waals surface area (Å²) in [5.41, 5.74) is -0.850. The highest BCUT2D eigenvalue weighted by atomic mass is 16.6. The smallest absolute Gasteiger partial charge is 0.308 e. The minimum atomic E-state index is -0.553. The summed E-state index contributed by atoms with van der Waals surface area (Å²) in [6.07, 6.45) is 6.23. The van der Waals surface area contributed by atoms with E-state index in [4.69, 9.17) is 9.47 Å². The molecule has 1 heterocycles. The van der Waals surface area contributed by atoms with Gasteiger partial charge in [0.15, 0.2) is 0 Å². The zero-order valence-corrected chi connectivity index (χ0v) is 12.7. The van der Waals surface area contributed by atoms with Crippen molar-refractivity contribution in [1.82, 2.24) is 0 Å². The second-order valence-electron chi connectivity index (χ2n) is 7.07. The van der Waals surface area contributed by atoms with E-state index in [1.165, 1.54) is 7.11 Å². The van der Waals surface area contributed by atoms with Crippen LogP contribution in [0, 0.1) is 17.3 Å². The summed E-state index contributed by atoms with van der Waals surface area (Å²) in [6.45, 7) is 6.13. The molecule has 0 radical (unpaired) electrons. The van der Waals surface area contributed by atoms with Crippen molar-refractivity contribution in [2.24, 2.45) is 17.3 Å². The summed E-state index contributed by atoms with van der Waals surface area (Å²) in [4.78, 5) is 11.8. The largest absolute Gasteiger partial charge is 0.469 e. The van der Waals surface area contributed by atoms with Gasteiger partial charge in [-0.3, -0.25) is 4.79 Å². The van der Waals surface area contributed by atoms with Crippen LogP contribution in [0.2, 0.25) is 0 Å². The third-order valence-electron chi connectivity index (χ3n) is 6.14. The molecular formula is C16H24O4. The number of hydrogen-bond acceptors (Lipinski definition) is 4. The number of methoxy groups -OCH3 is 1. The van der Waals surface area contributed by atoms with E-state index < -0.39 is 11.7 Å². The summed E-state index contributed by atoms with van der Waals surface area (Å²) in [5.74, 6) is -0.00395. The monoisotopic (exact) mass is 280 g/mol. The number of aliphatic hydroxyl groups excluding tert-OH is 1. The number of hydrogen-bond donors (Lipinski definition) is 1. The second kappa shape index (κ2) is 4.08. The molecule has 0 aromatic carbocycles. The molecule has 0 aromatic heterocycles. The van der Waals surface area contributed by atoms with Gasteiger partial charge in [0.05, 0.1) is 13.0 Å². The van der Waals surface area contributed by atoms with Crippen molar-refractivity contribution in [2.45, 2.75) is 57.3 Å². The van der Waals surface area contributed by atoms with Crippen molar-refractivity contribution in [1.29, 1.82) is 0 Å². The first kappa shape index (κ1) is 14.1. The Balaban J connectivity index is 1.87. The van der Waals surface area contributed by atoms with E-state index in [9.17, 15) is 9.90 Å². The zero-order chi connectivity index (χ0) is 14.8. The van der Waals surface area contributed by atoms with Gasteiger partial charge in [0.1, 0.15) is 17.3 Å². The molecule has 2 fully saturated rings. The minimum Gasteiger partial charge on any atom is -0.469 e. The average molecular weight is 280 g/mol. The van der Waals surface area contributed by atoms with Gasteiger partial charge in [-0.05, 0) is 32.1 Å². The van der Waals surface area contributed by atoms with Crippen LogP contribution in [0.1, 0.15) is 40.0 Å². The Kier molecular flexibility index (Phi) is 2.87. The molecule has 0 aromatic rings. The molecule has 2 unspecified atom stereocenters. The molecule has 6 atom stereocenters. The van der Waals surface area contributed by atoms with Crippen LogP contribution in [-0.4, -0.2) is 35.5 Å². The SMILES string of the molecule is COC(=O)[C@@H](C)[C@H]1CC[C@@]2(C)C=C[C@@H](O)C3(C)OC32C1. The van der Waals surface area contributed by atoms with Gasteiger partial charge in [-0.25, -0.2) is 0 Å². The normalized spacial score (nSPS) is 50.9. The van der Waals surface area contributed by atoms with E-state index in [2.05, 4.69) is 13.0 Å². The highest BCUT2D eigenvalue weighted by Crippen LogP contribution is 2.69. The lowest BCUT2D eigenvalue weighted by Crippen LogP contribution is -2.52. The number of carbonyl (C=O) groups excluding carboxylic acids is 1. The van der Waals surface area contributed by atoms with Crippen LogP contribution < -0.4 is 0 Å². The summed E-state index contributed by atoms with van der Waals surface area (Å²) in [6, 6.07) is 0. The maximum absolute atomic E-state index is 11.8. The molecule has 3 aliphatic rings. The number of rotatable bonds is 2. The van der Waals surface area contributed by atoms with E-state index in [1.807, 2.05) is 19.9 Å². The van der Waals surface area contributed by atoms with Crippen LogP contribution in [0.5, 0.6) is 0 Å². The van der Waals surface area contributed by atoms with Crippen LogP contribution >= 0.6 is 0 Å². The Hall–Kier alpha value is -0.870. The molecule has 4 nitrogen and oxygen atoms in total. The highest BCUT2D eigenvalue weighted by Gasteiger charge is 2.78. The van der Waals surface area contributed by atoms with E-state index in [0.29, 0.717) is 0 Å². The van der Waals surface area contributed by atoms with E-state index >= 15 is 0 Å². The standard InChI is InChI=1S/C16H24O4/c1-10(13(18)19-4)11-5-7-14(2)8-6-12(17)15(3)16(14,9-11)20-15/h6,8,10-12,17H,5,7,9H2,1-4H3/t10-,11-,12+,14-,15?,16?/m0/s1. The molecule has 1 saturated heterocycles. The quantitative estimate of drug-likeness (QED) is 0.478. The number of esters is 1. The van der Waals surface area contributed by atoms with Crippen LogP contribution in [-0.2, 0) is 14.3 Å². The van der Waals surface area contributed by atoms with Gasteiger partial charge in [0.2, 0.25) is 0 Å². The fourth-order valence-corrected chi connectivity index (χ4v) is 4.47. The molecular weight excluding hydrogens is 256 g/mol. The van der Waals surface area contributed by atoms with Crippen molar-refractivity contribution in [3.63, 3.8) is 0 Å². The topological polar surface area (TPSA) is 59.1 Å². The molecule has 1 aliphatic heterocycles. The van der Waals surface area contributed by atoms with Gasteiger partial charge in [-0.2, -0.15) is 0 Å². The molecule has 1 spiro atoms. The fourth-order valence-electron chi connectivity index (χ4n) is 4.47. The number of ether oxygens (including phenoxy) is 2. The number of carbonyl (C=O) groups is 1. The van der Waals surface area contributed by atoms with Crippen LogP contribution in [0.4, 0.5) is 0 Å². The fraction of sp³-hybridized carbons (Fsp3) is 0.812. The van der Waals surface area contributed by atoms with Crippen LogP contribution in [0.25, 0.3) is 0 Å². The first-order valence-corrected chi connectivity index (χ1v) is 7.45. The summed E-state index contributed by atoms with van der Waals surface area (Å²) < 4.78 is 11.0. The third-order valence-corrected chi connectivity index (χ3v) is 6.14. The maximum atomic E-state index is 11.8. The van der Waals surface area contributed by atoms with Gasteiger partial charge in [0.25, 0.3) is 0 Å². The summed E-state index contributed by atoms with van der Waals surface area (Å²) in [7, 11) is 1.44. The predicted octanol–water partition coefficient (Wildman–Crippen LogP) is 2.06. The van der Waals surface area contributed by atoms with E-state index in [1.54, 1.807) is 0 Å². The molecule has 4 heteroatoms. The van der Waals surface area contributed by atoms with Crippen molar-refractivity contribution in [3.8, 4) is 0 Å². The number of aliphatic hydroxyl groups is 1. The Bertz CT molecular complexity index is 473. The average Bonchev–Trinajstić information content (AvgIpc) is 3.06. The highest BCUT2D eigenvalue weighted by molar-refractivity contribution is 5.72. The van der Waals surface area contributed by atoms with Crippen LogP contribution in [0.3, 0.4) is 0 Å². The molecule has 1 N–H and O–H groups in total. The Morgan fingerprint density at radius 1 is 1.50 bits per heavy atom. The molecule has 1 saturated carbocycles. The van der Waals surface area contributed by atoms with Gasteiger partial charge in [0, 0.05) is 5.41 Å². The molecule has 20 heavy (non-hydrogen) atoms. The Morgan fingerprint density at radius 3 is 2.85 bits per heavy atom. The Labute approximate surface area is 120 Å². The lowest BCUT2D eigenvalue weighted by Gasteiger charge is -2.46. The lowest BCUT2D eigenvalue weighted by molar-refractivity contribution is -0.148. The van der Waals surface area contributed by atoms with Crippen molar-refractivity contribution < 1.29 is 19.4 Å². The Morgan fingerprint density at radius 2 is 2.20 bits per heavy atom. The maximum Gasteiger partial charge on any atom is 0.308 e. The van der Waals surface area contributed by atoms with Gasteiger partial charge >= 0.3 is 5.97 Å². The molecule has 3 rings (SSSR count). The van der Waals surface area contributed by atoms with Crippen molar-refractivity contribution >= 4 is 5.97 Å². The molecule has 0 amide bonds. The third kappa shape index (κ3) is 1.52. The van der Waals surface area contributed by atoms with Crippen molar-refractivity contribution in [3.05, 3.63) is 12.2 Å². The second-order valence-corrected chi connectivity index (χ2v) is 7.07. The van der Waals surface area contributed by atoms with Crippen molar-refractivity contribution in [2.75, 3.05) is 7.11 Å². The number of epoxide rings is 1. The minimum absolute atomic E-state index is 0.0344. The van der Waals surface area contributed by atoms with E-state index in [-0.39, 0.29) is 28.8 Å². The molecule has 112 valence electrons. The van der Waals surface area contributed by atoms with Gasteiger partial charge in [-0.1, -0.05) is 26.0 Å². The van der Waals surface area contributed by atoms with Gasteiger partial charge < -0.3 is 14.6 Å². The first-order chi connectivity index (χ1) is 9.30. The lowest BCUT2D eigenvalue weighted by atomic mass is 9.55. The summed E-state index contributed by atoms with van der Waals surface area (Å²) >= 11 is 0. The zero-order valence-electron chi connectivity index (χ0n) is 12.7. The van der Waals surface area contributed by atoms with Crippen LogP contribution in [0.15, 0.2) is 12.2 Å². The predicted molar refractivity (Wildman–Crippen MR) is 74.0 cm³/mol. The van der Waals surface area contributed by atoms with Gasteiger partial charge in [-0.15, -0.1) is 0 Å². The van der Waals surface area contributed by atoms with E-state index in [0.717, 1.165) is 19.3 Å². The molecule has 0 bridgehead atoms.